The lowest BCUT2D eigenvalue weighted by Gasteiger charge is -2.43. The Morgan fingerprint density at radius 2 is 2.00 bits per heavy atom. The van der Waals surface area contributed by atoms with Crippen LogP contribution >= 0.6 is 11.3 Å². The van der Waals surface area contributed by atoms with E-state index < -0.39 is 0 Å². The molecule has 5 nitrogen and oxygen atoms in total. The van der Waals surface area contributed by atoms with Gasteiger partial charge >= 0.3 is 0 Å². The minimum Gasteiger partial charge on any atom is -0.496 e. The highest BCUT2D eigenvalue weighted by atomic mass is 32.1. The number of carbonyl (C=O) groups is 1. The monoisotopic (exact) mass is 371 g/mol. The van der Waals surface area contributed by atoms with Crippen molar-refractivity contribution in [1.29, 1.82) is 0 Å². The largest absolute Gasteiger partial charge is 0.496 e. The number of rotatable bonds is 4. The van der Waals surface area contributed by atoms with Gasteiger partial charge in [0.2, 0.25) is 5.91 Å². The van der Waals surface area contributed by atoms with E-state index in [-0.39, 0.29) is 17.9 Å². The number of fused-ring (bicyclic) bond motifs is 2. The summed E-state index contributed by atoms with van der Waals surface area (Å²) in [5.74, 6) is 1.93. The van der Waals surface area contributed by atoms with Crippen LogP contribution in [0.1, 0.15) is 32.1 Å². The second-order valence-corrected chi connectivity index (χ2v) is 8.28. The van der Waals surface area contributed by atoms with Gasteiger partial charge in [-0.3, -0.25) is 4.79 Å². The van der Waals surface area contributed by atoms with Gasteiger partial charge in [0.1, 0.15) is 5.75 Å². The molecule has 0 spiro atoms. The number of amides is 1. The molecule has 0 saturated heterocycles. The first-order valence-electron chi connectivity index (χ1n) is 9.31. The number of hydrogen-bond donors (Lipinski definition) is 2. The Balaban J connectivity index is 1.45. The van der Waals surface area contributed by atoms with Crippen LogP contribution < -0.4 is 15.8 Å². The molecule has 2 atom stereocenters. The second kappa shape index (κ2) is 7.37. The van der Waals surface area contributed by atoms with Gasteiger partial charge in [0.05, 0.1) is 12.8 Å². The number of nitrogens with zero attached hydrogens (tertiary/aromatic N) is 1. The van der Waals surface area contributed by atoms with Crippen LogP contribution in [-0.4, -0.2) is 24.0 Å². The molecule has 26 heavy (non-hydrogen) atoms. The molecule has 3 N–H and O–H groups in total. The SMILES string of the molecule is COc1ccccc1-c1csc(NC(=O)C2CC3CCCC(C2)C3N)n1. The molecule has 2 saturated carbocycles. The van der Waals surface area contributed by atoms with E-state index in [0.717, 1.165) is 42.7 Å². The number of hydrogen-bond acceptors (Lipinski definition) is 5. The maximum Gasteiger partial charge on any atom is 0.229 e. The van der Waals surface area contributed by atoms with Gasteiger partial charge < -0.3 is 15.8 Å². The number of carbonyl (C=O) groups excluding carboxylic acids is 1. The Kier molecular flexibility index (Phi) is 4.96. The summed E-state index contributed by atoms with van der Waals surface area (Å²) in [5.41, 5.74) is 8.10. The molecule has 6 heteroatoms. The summed E-state index contributed by atoms with van der Waals surface area (Å²) < 4.78 is 5.40. The molecule has 1 aromatic heterocycles. The Bertz CT molecular complexity index is 777. The third-order valence-corrected chi connectivity index (χ3v) is 6.66. The maximum absolute atomic E-state index is 12.8. The molecular formula is C20H25N3O2S. The zero-order valence-electron chi connectivity index (χ0n) is 15.0. The van der Waals surface area contributed by atoms with Gasteiger partial charge in [-0.05, 0) is 49.7 Å². The molecule has 2 aliphatic carbocycles. The van der Waals surface area contributed by atoms with Crippen molar-refractivity contribution in [2.45, 2.75) is 38.1 Å². The van der Waals surface area contributed by atoms with Crippen molar-refractivity contribution in [3.8, 4) is 17.0 Å². The number of benzene rings is 1. The molecule has 2 unspecified atom stereocenters. The van der Waals surface area contributed by atoms with Crippen molar-refractivity contribution in [3.63, 3.8) is 0 Å². The van der Waals surface area contributed by atoms with Crippen molar-refractivity contribution in [2.75, 3.05) is 12.4 Å². The van der Waals surface area contributed by atoms with Crippen molar-refractivity contribution in [1.82, 2.24) is 4.98 Å². The smallest absolute Gasteiger partial charge is 0.229 e. The number of nitrogens with two attached hydrogens (primary N) is 1. The molecule has 2 bridgehead atoms. The minimum atomic E-state index is 0.0590. The Hall–Kier alpha value is -1.92. The predicted molar refractivity (Wildman–Crippen MR) is 104 cm³/mol. The number of ether oxygens (including phenoxy) is 1. The van der Waals surface area contributed by atoms with Crippen LogP contribution in [0.2, 0.25) is 0 Å². The number of anilines is 1. The van der Waals surface area contributed by atoms with Crippen molar-refractivity contribution in [3.05, 3.63) is 29.6 Å². The number of thiazole rings is 1. The molecule has 1 amide bonds. The van der Waals surface area contributed by atoms with Crippen LogP contribution in [0.25, 0.3) is 11.3 Å². The van der Waals surface area contributed by atoms with Crippen LogP contribution in [0.5, 0.6) is 5.75 Å². The average Bonchev–Trinajstić information content (AvgIpc) is 3.09. The van der Waals surface area contributed by atoms with Crippen LogP contribution in [0, 0.1) is 17.8 Å². The van der Waals surface area contributed by atoms with E-state index in [2.05, 4.69) is 10.3 Å². The molecule has 2 fully saturated rings. The van der Waals surface area contributed by atoms with Gasteiger partial charge in [-0.15, -0.1) is 11.3 Å². The highest BCUT2D eigenvalue weighted by Gasteiger charge is 2.40. The standard InChI is InChI=1S/C20H25N3O2S/c1-25-17-8-3-2-7-15(17)16-11-26-20(22-16)23-19(24)14-9-12-5-4-6-13(10-14)18(12)21/h2-3,7-8,11-14,18H,4-6,9-10,21H2,1H3,(H,22,23,24). The Morgan fingerprint density at radius 3 is 2.73 bits per heavy atom. The minimum absolute atomic E-state index is 0.0590. The van der Waals surface area contributed by atoms with Crippen LogP contribution in [0.3, 0.4) is 0 Å². The molecule has 4 rings (SSSR count). The summed E-state index contributed by atoms with van der Waals surface area (Å²) >= 11 is 1.45. The van der Waals surface area contributed by atoms with Crippen molar-refractivity contribution < 1.29 is 9.53 Å². The molecule has 1 heterocycles. The summed E-state index contributed by atoms with van der Waals surface area (Å²) in [4.78, 5) is 17.4. The number of aromatic nitrogens is 1. The van der Waals surface area contributed by atoms with Gasteiger partial charge in [0, 0.05) is 22.9 Å². The van der Waals surface area contributed by atoms with E-state index in [4.69, 9.17) is 10.5 Å². The highest BCUT2D eigenvalue weighted by Crippen LogP contribution is 2.42. The molecule has 2 aromatic rings. The molecule has 0 aliphatic heterocycles. The zero-order valence-corrected chi connectivity index (χ0v) is 15.8. The molecule has 138 valence electrons. The summed E-state index contributed by atoms with van der Waals surface area (Å²) in [6.07, 6.45) is 5.40. The first-order chi connectivity index (χ1) is 12.7. The molecule has 2 aliphatic rings. The van der Waals surface area contributed by atoms with E-state index in [0.29, 0.717) is 17.0 Å². The summed E-state index contributed by atoms with van der Waals surface area (Å²) in [6, 6.07) is 8.06. The Labute approximate surface area is 158 Å². The van der Waals surface area contributed by atoms with Gasteiger partial charge in [-0.2, -0.15) is 0 Å². The molecular weight excluding hydrogens is 346 g/mol. The van der Waals surface area contributed by atoms with Gasteiger partial charge in [-0.1, -0.05) is 18.6 Å². The predicted octanol–water partition coefficient (Wildman–Crippen LogP) is 3.91. The number of para-hydroxylation sites is 1. The van der Waals surface area contributed by atoms with E-state index in [9.17, 15) is 4.79 Å². The van der Waals surface area contributed by atoms with Gasteiger partial charge in [-0.25, -0.2) is 4.98 Å². The molecule has 0 radical (unpaired) electrons. The third kappa shape index (κ3) is 3.35. The highest BCUT2D eigenvalue weighted by molar-refractivity contribution is 7.14. The lowest BCUT2D eigenvalue weighted by molar-refractivity contribution is -0.122. The lowest BCUT2D eigenvalue weighted by Crippen LogP contribution is -2.48. The Morgan fingerprint density at radius 1 is 1.27 bits per heavy atom. The van der Waals surface area contributed by atoms with Gasteiger partial charge in [0.15, 0.2) is 5.13 Å². The first kappa shape index (κ1) is 17.5. The topological polar surface area (TPSA) is 77.2 Å². The fourth-order valence-electron chi connectivity index (χ4n) is 4.52. The summed E-state index contributed by atoms with van der Waals surface area (Å²) in [5, 5.41) is 5.64. The van der Waals surface area contributed by atoms with E-state index in [1.165, 1.54) is 17.8 Å². The lowest BCUT2D eigenvalue weighted by atomic mass is 9.65. The van der Waals surface area contributed by atoms with Crippen molar-refractivity contribution >= 4 is 22.4 Å². The second-order valence-electron chi connectivity index (χ2n) is 7.42. The summed E-state index contributed by atoms with van der Waals surface area (Å²) in [6.45, 7) is 0. The first-order valence-corrected chi connectivity index (χ1v) is 10.2. The zero-order chi connectivity index (χ0) is 18.1. The maximum atomic E-state index is 12.8. The van der Waals surface area contributed by atoms with Crippen LogP contribution in [0.15, 0.2) is 29.6 Å². The fraction of sp³-hybridized carbons (Fsp3) is 0.500. The normalized spacial score (nSPS) is 27.8. The number of methoxy groups -OCH3 is 1. The molecule has 1 aromatic carbocycles. The van der Waals surface area contributed by atoms with Crippen LogP contribution in [-0.2, 0) is 4.79 Å². The fourth-order valence-corrected chi connectivity index (χ4v) is 5.24. The number of nitrogens with one attached hydrogen (secondary N) is 1. The van der Waals surface area contributed by atoms with Crippen molar-refractivity contribution in [2.24, 2.45) is 23.5 Å². The van der Waals surface area contributed by atoms with Gasteiger partial charge in [0.25, 0.3) is 0 Å². The van der Waals surface area contributed by atoms with E-state index in [1.54, 1.807) is 7.11 Å². The quantitative estimate of drug-likeness (QED) is 0.854. The summed E-state index contributed by atoms with van der Waals surface area (Å²) in [7, 11) is 1.65. The van der Waals surface area contributed by atoms with E-state index in [1.807, 2.05) is 29.6 Å². The third-order valence-electron chi connectivity index (χ3n) is 5.90. The average molecular weight is 372 g/mol. The van der Waals surface area contributed by atoms with E-state index >= 15 is 0 Å². The van der Waals surface area contributed by atoms with Crippen LogP contribution in [0.4, 0.5) is 5.13 Å².